The Morgan fingerprint density at radius 1 is 1.32 bits per heavy atom. The number of aromatic nitrogens is 1. The van der Waals surface area contributed by atoms with E-state index >= 15 is 0 Å². The number of pyridine rings is 1. The van der Waals surface area contributed by atoms with Crippen molar-refractivity contribution in [1.29, 1.82) is 0 Å². The van der Waals surface area contributed by atoms with Gasteiger partial charge in [-0.15, -0.1) is 0 Å². The minimum absolute atomic E-state index is 0.229. The van der Waals surface area contributed by atoms with Crippen LogP contribution in [0.2, 0.25) is 0 Å². The molecule has 1 aliphatic carbocycles. The normalized spacial score (nSPS) is 18.0. The Balaban J connectivity index is 1.69. The fourth-order valence-electron chi connectivity index (χ4n) is 2.78. The van der Waals surface area contributed by atoms with Gasteiger partial charge in [0, 0.05) is 37.7 Å². The summed E-state index contributed by atoms with van der Waals surface area (Å²) in [5.74, 6) is 1.59. The molecule has 25 heavy (non-hydrogen) atoms. The maximum Gasteiger partial charge on any atom is 0.410 e. The Hall–Kier alpha value is -1.09. The summed E-state index contributed by atoms with van der Waals surface area (Å²) in [7, 11) is 1.62. The van der Waals surface area contributed by atoms with Gasteiger partial charge in [-0.1, -0.05) is 0 Å². The van der Waals surface area contributed by atoms with Crippen molar-refractivity contribution >= 4 is 28.7 Å². The summed E-state index contributed by atoms with van der Waals surface area (Å²) in [5.41, 5.74) is 1.61. The molecule has 0 bridgehead atoms. The predicted molar refractivity (Wildman–Crippen MR) is 102 cm³/mol. The maximum absolute atomic E-state index is 12.1. The van der Waals surface area contributed by atoms with Crippen molar-refractivity contribution in [2.75, 3.05) is 27.0 Å². The van der Waals surface area contributed by atoms with Gasteiger partial charge >= 0.3 is 6.09 Å². The number of likely N-dealkylation sites (tertiary alicyclic amines) is 1. The highest BCUT2D eigenvalue weighted by Gasteiger charge is 2.37. The zero-order valence-corrected chi connectivity index (χ0v) is 17.3. The predicted octanol–water partition coefficient (Wildman–Crippen LogP) is 3.88. The second-order valence-corrected chi connectivity index (χ2v) is 8.81. The van der Waals surface area contributed by atoms with E-state index in [1.807, 2.05) is 20.8 Å². The Bertz CT molecular complexity index is 649. The number of ether oxygens (including phenoxy) is 3. The molecule has 1 aromatic rings. The van der Waals surface area contributed by atoms with E-state index < -0.39 is 5.60 Å². The first kappa shape index (κ1) is 18.7. The van der Waals surface area contributed by atoms with Gasteiger partial charge in [0.15, 0.2) is 12.5 Å². The van der Waals surface area contributed by atoms with Crippen LogP contribution in [-0.4, -0.2) is 48.6 Å². The van der Waals surface area contributed by atoms with Gasteiger partial charge in [0.25, 0.3) is 0 Å². The van der Waals surface area contributed by atoms with Crippen molar-refractivity contribution < 1.29 is 19.0 Å². The van der Waals surface area contributed by atoms with Crippen molar-refractivity contribution in [2.24, 2.45) is 0 Å². The Morgan fingerprint density at radius 2 is 2.00 bits per heavy atom. The van der Waals surface area contributed by atoms with Gasteiger partial charge in [-0.2, -0.15) is 0 Å². The van der Waals surface area contributed by atoms with E-state index in [1.54, 1.807) is 12.0 Å². The molecule has 0 aromatic carbocycles. The highest BCUT2D eigenvalue weighted by Crippen LogP contribution is 2.45. The number of methoxy groups -OCH3 is 1. The highest BCUT2D eigenvalue weighted by atomic mass is 127. The molecule has 6 nitrogen and oxygen atoms in total. The minimum Gasteiger partial charge on any atom is -0.465 e. The first-order valence-electron chi connectivity index (χ1n) is 8.58. The van der Waals surface area contributed by atoms with Crippen LogP contribution in [-0.2, 0) is 9.47 Å². The molecule has 2 fully saturated rings. The summed E-state index contributed by atoms with van der Waals surface area (Å²) in [4.78, 5) is 18.7. The lowest BCUT2D eigenvalue weighted by atomic mass is 9.95. The smallest absolute Gasteiger partial charge is 0.410 e. The van der Waals surface area contributed by atoms with Gasteiger partial charge in [-0.05, 0) is 62.3 Å². The zero-order chi connectivity index (χ0) is 18.2. The molecule has 1 saturated heterocycles. The van der Waals surface area contributed by atoms with Crippen molar-refractivity contribution in [3.8, 4) is 5.75 Å². The van der Waals surface area contributed by atoms with Gasteiger partial charge in [0.1, 0.15) is 5.60 Å². The van der Waals surface area contributed by atoms with Crippen LogP contribution >= 0.6 is 22.6 Å². The van der Waals surface area contributed by atoms with Crippen LogP contribution < -0.4 is 4.74 Å². The van der Waals surface area contributed by atoms with E-state index in [1.165, 1.54) is 0 Å². The van der Waals surface area contributed by atoms with E-state index in [0.29, 0.717) is 19.0 Å². The molecule has 0 atom stereocenters. The van der Waals surface area contributed by atoms with Crippen molar-refractivity contribution in [3.05, 3.63) is 21.0 Å². The minimum atomic E-state index is -0.463. The van der Waals surface area contributed by atoms with Gasteiger partial charge in [-0.3, -0.25) is 4.98 Å². The summed E-state index contributed by atoms with van der Waals surface area (Å²) in [5, 5.41) is 0. The quantitative estimate of drug-likeness (QED) is 0.493. The van der Waals surface area contributed by atoms with Gasteiger partial charge < -0.3 is 19.1 Å². The third kappa shape index (κ3) is 4.55. The average Bonchev–Trinajstić information content (AvgIpc) is 3.26. The number of rotatable bonds is 5. The summed E-state index contributed by atoms with van der Waals surface area (Å²) < 4.78 is 17.2. The van der Waals surface area contributed by atoms with E-state index in [4.69, 9.17) is 19.2 Å². The number of amides is 1. The topological polar surface area (TPSA) is 60.9 Å². The third-order valence-corrected chi connectivity index (χ3v) is 5.01. The Morgan fingerprint density at radius 3 is 2.56 bits per heavy atom. The molecule has 0 N–H and O–H groups in total. The van der Waals surface area contributed by atoms with Crippen LogP contribution in [0.3, 0.4) is 0 Å². The van der Waals surface area contributed by atoms with E-state index in [0.717, 1.165) is 33.5 Å². The molecule has 2 heterocycles. The fourth-order valence-corrected chi connectivity index (χ4v) is 3.54. The van der Waals surface area contributed by atoms with Crippen LogP contribution in [0.25, 0.3) is 0 Å². The molecule has 1 amide bonds. The molecular weight excluding hydrogens is 435 g/mol. The number of carbonyl (C=O) groups is 1. The van der Waals surface area contributed by atoms with Crippen molar-refractivity contribution in [1.82, 2.24) is 9.88 Å². The molecule has 3 rings (SSSR count). The monoisotopic (exact) mass is 460 g/mol. The molecule has 0 unspecified atom stereocenters. The molecule has 1 saturated carbocycles. The lowest BCUT2D eigenvalue weighted by Gasteiger charge is -2.39. The number of nitrogens with zero attached hydrogens (tertiary/aromatic N) is 2. The van der Waals surface area contributed by atoms with Gasteiger partial charge in [0.05, 0.1) is 9.26 Å². The number of halogens is 1. The largest absolute Gasteiger partial charge is 0.465 e. The SMILES string of the molecule is COCOc1c(I)cc(C2CN(C(=O)OC(C)(C)C)C2)nc1C1CC1. The Labute approximate surface area is 162 Å². The number of carbonyl (C=O) groups excluding carboxylic acids is 1. The molecule has 1 aliphatic heterocycles. The summed E-state index contributed by atoms with van der Waals surface area (Å²) in [6.45, 7) is 7.18. The van der Waals surface area contributed by atoms with Crippen molar-refractivity contribution in [3.63, 3.8) is 0 Å². The third-order valence-electron chi connectivity index (χ3n) is 4.21. The van der Waals surface area contributed by atoms with E-state index in [9.17, 15) is 4.79 Å². The van der Waals surface area contributed by atoms with Crippen LogP contribution in [0.1, 0.15) is 56.8 Å². The van der Waals surface area contributed by atoms with Crippen molar-refractivity contribution in [2.45, 2.75) is 51.0 Å². The zero-order valence-electron chi connectivity index (χ0n) is 15.2. The van der Waals surface area contributed by atoms with E-state index in [-0.39, 0.29) is 18.8 Å². The lowest BCUT2D eigenvalue weighted by molar-refractivity contribution is 0.00779. The Kier molecular flexibility index (Phi) is 5.43. The van der Waals surface area contributed by atoms with Crippen LogP contribution in [0.5, 0.6) is 5.75 Å². The second-order valence-electron chi connectivity index (χ2n) is 7.65. The first-order valence-corrected chi connectivity index (χ1v) is 9.66. The summed E-state index contributed by atoms with van der Waals surface area (Å²) in [6, 6.07) is 2.06. The van der Waals surface area contributed by atoms with Crippen LogP contribution in [0, 0.1) is 3.57 Å². The van der Waals surface area contributed by atoms with Crippen LogP contribution in [0.15, 0.2) is 6.07 Å². The molecule has 1 aromatic heterocycles. The molecule has 0 spiro atoms. The molecule has 2 aliphatic rings. The molecule has 138 valence electrons. The molecular formula is C18H25IN2O4. The highest BCUT2D eigenvalue weighted by molar-refractivity contribution is 14.1. The molecule has 0 radical (unpaired) electrons. The fraction of sp³-hybridized carbons (Fsp3) is 0.667. The lowest BCUT2D eigenvalue weighted by Crippen LogP contribution is -2.50. The average molecular weight is 460 g/mol. The standard InChI is InChI=1S/C18H25IN2O4/c1-18(2,3)25-17(22)21-8-12(9-21)14-7-13(19)16(24-10-23-4)15(20-14)11-5-6-11/h7,11-12H,5-6,8-10H2,1-4H3. The summed E-state index contributed by atoms with van der Waals surface area (Å²) in [6.07, 6.45) is 2.07. The van der Waals surface area contributed by atoms with Crippen LogP contribution in [0.4, 0.5) is 4.79 Å². The number of hydrogen-bond acceptors (Lipinski definition) is 5. The second kappa shape index (κ2) is 7.26. The van der Waals surface area contributed by atoms with E-state index in [2.05, 4.69) is 28.7 Å². The van der Waals surface area contributed by atoms with Gasteiger partial charge in [-0.25, -0.2) is 4.79 Å². The number of hydrogen-bond donors (Lipinski definition) is 0. The summed E-state index contributed by atoms with van der Waals surface area (Å²) >= 11 is 2.30. The van der Waals surface area contributed by atoms with Gasteiger partial charge in [0.2, 0.25) is 0 Å². The molecule has 7 heteroatoms. The maximum atomic E-state index is 12.1. The first-order chi connectivity index (χ1) is 11.8.